The molecule has 116 valence electrons. The Balaban J connectivity index is 0.00000110. The minimum absolute atomic E-state index is 0. The van der Waals surface area contributed by atoms with Crippen LogP contribution >= 0.6 is 24.8 Å². The van der Waals surface area contributed by atoms with Crippen LogP contribution in [-0.2, 0) is 11.3 Å². The van der Waals surface area contributed by atoms with E-state index in [1.165, 1.54) is 0 Å². The van der Waals surface area contributed by atoms with Gasteiger partial charge in [-0.3, -0.25) is 10.2 Å². The topological polar surface area (TPSA) is 91.0 Å². The lowest BCUT2D eigenvalue weighted by atomic mass is 10.1. The van der Waals surface area contributed by atoms with Gasteiger partial charge in [-0.15, -0.1) is 24.8 Å². The lowest BCUT2D eigenvalue weighted by Crippen LogP contribution is -2.44. The number of rotatable bonds is 4. The standard InChI is InChI=1S/C14H18N4O.2ClH/c15-12(16)10-3-1-9(2-4-10)8-17-13(19)14-7-11(14)5-6-18-14;;/h1-4,11,18H,5-8H2,(H3,15,16)(H,17,19);2*1H/t11-,14+;;/m1../s1. The quantitative estimate of drug-likeness (QED) is 0.493. The number of nitrogen functional groups attached to an aromatic ring is 1. The summed E-state index contributed by atoms with van der Waals surface area (Å²) >= 11 is 0. The molecule has 2 atom stereocenters. The number of halogens is 2. The Morgan fingerprint density at radius 2 is 2.05 bits per heavy atom. The van der Waals surface area contributed by atoms with Crippen LogP contribution in [0.5, 0.6) is 0 Å². The third kappa shape index (κ3) is 3.31. The zero-order valence-electron chi connectivity index (χ0n) is 11.5. The van der Waals surface area contributed by atoms with E-state index in [1.54, 1.807) is 12.1 Å². The summed E-state index contributed by atoms with van der Waals surface area (Å²) in [7, 11) is 0. The van der Waals surface area contributed by atoms with Crippen molar-refractivity contribution in [3.63, 3.8) is 0 Å². The fourth-order valence-corrected chi connectivity index (χ4v) is 2.86. The Labute approximate surface area is 136 Å². The highest BCUT2D eigenvalue weighted by molar-refractivity contribution is 5.95. The number of nitrogens with two attached hydrogens (primary N) is 1. The van der Waals surface area contributed by atoms with Crippen LogP contribution in [0.2, 0.25) is 0 Å². The molecule has 2 fully saturated rings. The number of hydrogen-bond acceptors (Lipinski definition) is 3. The summed E-state index contributed by atoms with van der Waals surface area (Å²) in [6.07, 6.45) is 2.09. The van der Waals surface area contributed by atoms with E-state index >= 15 is 0 Å². The average molecular weight is 331 g/mol. The number of carbonyl (C=O) groups excluding carboxylic acids is 1. The third-order valence-corrected chi connectivity index (χ3v) is 4.16. The lowest BCUT2D eigenvalue weighted by molar-refractivity contribution is -0.124. The van der Waals surface area contributed by atoms with Gasteiger partial charge in [0.15, 0.2) is 0 Å². The van der Waals surface area contributed by atoms with E-state index in [-0.39, 0.29) is 42.1 Å². The van der Waals surface area contributed by atoms with Crippen LogP contribution in [0.1, 0.15) is 24.0 Å². The molecule has 21 heavy (non-hydrogen) atoms. The number of amidine groups is 1. The van der Waals surface area contributed by atoms with Gasteiger partial charge < -0.3 is 16.4 Å². The highest BCUT2D eigenvalue weighted by atomic mass is 35.5. The molecule has 1 aliphatic heterocycles. The number of fused-ring (bicyclic) bond motifs is 1. The van der Waals surface area contributed by atoms with Crippen molar-refractivity contribution in [1.29, 1.82) is 5.41 Å². The maximum atomic E-state index is 12.1. The second-order valence-corrected chi connectivity index (χ2v) is 5.38. The maximum absolute atomic E-state index is 12.1. The summed E-state index contributed by atoms with van der Waals surface area (Å²) in [6, 6.07) is 7.38. The zero-order chi connectivity index (χ0) is 13.5. The minimum atomic E-state index is -0.265. The first-order valence-corrected chi connectivity index (χ1v) is 6.58. The molecule has 1 aromatic carbocycles. The van der Waals surface area contributed by atoms with Crippen LogP contribution < -0.4 is 16.4 Å². The molecule has 1 aromatic rings. The Bertz CT molecular complexity index is 534. The van der Waals surface area contributed by atoms with Crippen molar-refractivity contribution in [2.24, 2.45) is 11.7 Å². The molecular formula is C14H20Cl2N4O. The summed E-state index contributed by atoms with van der Waals surface area (Å²) < 4.78 is 0. The van der Waals surface area contributed by atoms with Gasteiger partial charge in [0.05, 0.1) is 0 Å². The molecule has 0 unspecified atom stereocenters. The fourth-order valence-electron chi connectivity index (χ4n) is 2.86. The molecule has 0 bridgehead atoms. The predicted molar refractivity (Wildman–Crippen MR) is 87.3 cm³/mol. The average Bonchev–Trinajstić information content (AvgIpc) is 2.99. The van der Waals surface area contributed by atoms with E-state index in [0.717, 1.165) is 24.9 Å². The summed E-state index contributed by atoms with van der Waals surface area (Å²) in [5, 5.41) is 13.6. The molecule has 1 amide bonds. The molecule has 0 spiro atoms. The number of hydrogen-bond donors (Lipinski definition) is 4. The SMILES string of the molecule is Cl.Cl.N=C(N)c1ccc(CNC(=O)[C@]23C[C@H]2CCN3)cc1. The number of piperidine rings is 1. The van der Waals surface area contributed by atoms with Crippen molar-refractivity contribution >= 4 is 36.6 Å². The van der Waals surface area contributed by atoms with Crippen LogP contribution in [0, 0.1) is 11.3 Å². The van der Waals surface area contributed by atoms with Gasteiger partial charge in [0.25, 0.3) is 0 Å². The van der Waals surface area contributed by atoms with Crippen molar-refractivity contribution in [3.8, 4) is 0 Å². The number of benzene rings is 1. The van der Waals surface area contributed by atoms with E-state index in [2.05, 4.69) is 10.6 Å². The van der Waals surface area contributed by atoms with Crippen LogP contribution in [0.3, 0.4) is 0 Å². The summed E-state index contributed by atoms with van der Waals surface area (Å²) in [5.41, 5.74) is 6.85. The number of carbonyl (C=O) groups is 1. The molecule has 0 radical (unpaired) electrons. The molecular weight excluding hydrogens is 311 g/mol. The lowest BCUT2D eigenvalue weighted by Gasteiger charge is -2.14. The Morgan fingerprint density at radius 1 is 1.38 bits per heavy atom. The van der Waals surface area contributed by atoms with E-state index in [0.29, 0.717) is 18.0 Å². The van der Waals surface area contributed by atoms with Gasteiger partial charge in [0, 0.05) is 12.1 Å². The van der Waals surface area contributed by atoms with Gasteiger partial charge in [-0.05, 0) is 30.9 Å². The van der Waals surface area contributed by atoms with E-state index < -0.39 is 0 Å². The van der Waals surface area contributed by atoms with Crippen molar-refractivity contribution in [3.05, 3.63) is 35.4 Å². The van der Waals surface area contributed by atoms with Gasteiger partial charge in [0.1, 0.15) is 11.4 Å². The second-order valence-electron chi connectivity index (χ2n) is 5.38. The molecule has 2 aliphatic rings. The van der Waals surface area contributed by atoms with Gasteiger partial charge in [-0.1, -0.05) is 24.3 Å². The highest BCUT2D eigenvalue weighted by Gasteiger charge is 2.62. The first kappa shape index (κ1) is 17.8. The van der Waals surface area contributed by atoms with Gasteiger partial charge in [-0.2, -0.15) is 0 Å². The molecule has 1 saturated carbocycles. The molecule has 1 saturated heterocycles. The van der Waals surface area contributed by atoms with Gasteiger partial charge >= 0.3 is 0 Å². The van der Waals surface area contributed by atoms with Crippen molar-refractivity contribution < 1.29 is 4.79 Å². The molecule has 1 heterocycles. The first-order chi connectivity index (χ1) is 9.12. The summed E-state index contributed by atoms with van der Waals surface area (Å²) in [6.45, 7) is 1.47. The predicted octanol–water partition coefficient (Wildman–Crippen LogP) is 1.18. The molecule has 1 aliphatic carbocycles. The molecule has 3 rings (SSSR count). The highest BCUT2D eigenvalue weighted by Crippen LogP contribution is 2.49. The minimum Gasteiger partial charge on any atom is -0.384 e. The molecule has 0 aromatic heterocycles. The molecule has 5 N–H and O–H groups in total. The Morgan fingerprint density at radius 3 is 2.52 bits per heavy atom. The van der Waals surface area contributed by atoms with Crippen LogP contribution in [0.15, 0.2) is 24.3 Å². The van der Waals surface area contributed by atoms with E-state index in [4.69, 9.17) is 11.1 Å². The van der Waals surface area contributed by atoms with Gasteiger partial charge in [0.2, 0.25) is 5.91 Å². The number of amides is 1. The van der Waals surface area contributed by atoms with Crippen molar-refractivity contribution in [2.45, 2.75) is 24.9 Å². The van der Waals surface area contributed by atoms with Gasteiger partial charge in [-0.25, -0.2) is 0 Å². The largest absolute Gasteiger partial charge is 0.384 e. The number of nitrogens with one attached hydrogen (secondary N) is 3. The molecule has 5 nitrogen and oxygen atoms in total. The second kappa shape index (κ2) is 6.64. The normalized spacial score (nSPS) is 25.0. The Kier molecular flexibility index (Phi) is 5.61. The maximum Gasteiger partial charge on any atom is 0.240 e. The van der Waals surface area contributed by atoms with Crippen LogP contribution in [-0.4, -0.2) is 23.8 Å². The zero-order valence-corrected chi connectivity index (χ0v) is 13.2. The third-order valence-electron chi connectivity index (χ3n) is 4.16. The fraction of sp³-hybridized carbons (Fsp3) is 0.429. The van der Waals surface area contributed by atoms with Crippen molar-refractivity contribution in [2.75, 3.05) is 6.54 Å². The van der Waals surface area contributed by atoms with E-state index in [9.17, 15) is 4.79 Å². The Hall–Kier alpha value is -1.30. The summed E-state index contributed by atoms with van der Waals surface area (Å²) in [5.74, 6) is 0.712. The first-order valence-electron chi connectivity index (χ1n) is 6.58. The monoisotopic (exact) mass is 330 g/mol. The van der Waals surface area contributed by atoms with Crippen molar-refractivity contribution in [1.82, 2.24) is 10.6 Å². The molecule has 7 heteroatoms. The summed E-state index contributed by atoms with van der Waals surface area (Å²) in [4.78, 5) is 12.1. The van der Waals surface area contributed by atoms with E-state index in [1.807, 2.05) is 12.1 Å². The smallest absolute Gasteiger partial charge is 0.240 e. The van der Waals surface area contributed by atoms with Crippen LogP contribution in [0.4, 0.5) is 0 Å². The van der Waals surface area contributed by atoms with Crippen LogP contribution in [0.25, 0.3) is 0 Å².